The van der Waals surface area contributed by atoms with Crippen LogP contribution in [0.15, 0.2) is 94.1 Å². The Morgan fingerprint density at radius 1 is 0.867 bits per heavy atom. The van der Waals surface area contributed by atoms with Crippen molar-refractivity contribution in [2.24, 2.45) is 0 Å². The van der Waals surface area contributed by atoms with Crippen LogP contribution in [-0.4, -0.2) is 33.9 Å². The number of rotatable bonds is 6. The first kappa shape index (κ1) is 20.2. The maximum Gasteiger partial charge on any atom is 0.341 e. The fourth-order valence-corrected chi connectivity index (χ4v) is 4.31. The predicted molar refractivity (Wildman–Crippen MR) is 108 cm³/mol. The molecule has 0 aliphatic carbocycles. The molecule has 10 heteroatoms. The summed E-state index contributed by atoms with van der Waals surface area (Å²) in [6.07, 6.45) is 3.32. The molecule has 2 aromatic heterocycles. The second kappa shape index (κ2) is 8.33. The fraction of sp³-hybridized carbons (Fsp3) is 0.0500. The third-order valence-corrected chi connectivity index (χ3v) is 6.54. The Bertz CT molecular complexity index is 1250. The molecule has 4 rings (SSSR count). The molecule has 0 radical (unpaired) electrons. The number of para-hydroxylation sites is 1. The van der Waals surface area contributed by atoms with Crippen LogP contribution in [0.1, 0.15) is 0 Å². The monoisotopic (exact) mass is 444 g/mol. The van der Waals surface area contributed by atoms with Gasteiger partial charge in [0.2, 0.25) is 15.0 Å². The molecule has 0 spiro atoms. The van der Waals surface area contributed by atoms with E-state index in [0.717, 1.165) is 23.4 Å². The number of benzene rings is 2. The Morgan fingerprint density at radius 3 is 2.17 bits per heavy atom. The van der Waals surface area contributed by atoms with Crippen LogP contribution in [0.4, 0.5) is 8.78 Å². The number of nitrogens with zero attached hydrogens (tertiary/aromatic N) is 4. The molecule has 30 heavy (non-hydrogen) atoms. The first-order valence-electron chi connectivity index (χ1n) is 8.68. The van der Waals surface area contributed by atoms with Gasteiger partial charge in [0.05, 0.1) is 4.90 Å². The average molecular weight is 444 g/mol. The van der Waals surface area contributed by atoms with E-state index in [0.29, 0.717) is 15.9 Å². The van der Waals surface area contributed by atoms with Crippen molar-refractivity contribution in [1.82, 2.24) is 19.7 Å². The highest BCUT2D eigenvalue weighted by Crippen LogP contribution is 2.33. The van der Waals surface area contributed by atoms with E-state index in [1.165, 1.54) is 23.9 Å². The molecule has 0 amide bonds. The Morgan fingerprint density at radius 2 is 1.53 bits per heavy atom. The van der Waals surface area contributed by atoms with E-state index in [4.69, 9.17) is 0 Å². The standard InChI is InChI=1S/C20H14F2N4O2S2/c21-19(22)30(27,28)17-8-6-16(7-9-17)29-20-25-24-18(14-10-12-23-13-11-14)26(20)15-4-2-1-3-5-15/h1-13,19H. The van der Waals surface area contributed by atoms with Crippen LogP contribution in [0.5, 0.6) is 0 Å². The first-order valence-corrected chi connectivity index (χ1v) is 11.0. The van der Waals surface area contributed by atoms with Crippen molar-refractivity contribution in [2.45, 2.75) is 20.7 Å². The van der Waals surface area contributed by atoms with Gasteiger partial charge >= 0.3 is 5.76 Å². The molecule has 0 bridgehead atoms. The van der Waals surface area contributed by atoms with Crippen LogP contribution < -0.4 is 0 Å². The van der Waals surface area contributed by atoms with Crippen LogP contribution >= 0.6 is 11.8 Å². The van der Waals surface area contributed by atoms with Gasteiger partial charge in [-0.3, -0.25) is 9.55 Å². The lowest BCUT2D eigenvalue weighted by molar-refractivity contribution is 0.234. The fourth-order valence-electron chi connectivity index (χ4n) is 2.74. The summed E-state index contributed by atoms with van der Waals surface area (Å²) in [7, 11) is -4.63. The quantitative estimate of drug-likeness (QED) is 0.437. The number of aromatic nitrogens is 4. The minimum absolute atomic E-state index is 0.427. The number of pyridine rings is 1. The Labute approximate surface area is 175 Å². The average Bonchev–Trinajstić information content (AvgIpc) is 3.19. The number of alkyl halides is 2. The van der Waals surface area contributed by atoms with Crippen LogP contribution in [-0.2, 0) is 9.84 Å². The zero-order chi connectivity index (χ0) is 21.1. The summed E-state index contributed by atoms with van der Waals surface area (Å²) in [6.45, 7) is 0. The number of sulfone groups is 1. The van der Waals surface area contributed by atoms with Gasteiger partial charge in [-0.1, -0.05) is 18.2 Å². The van der Waals surface area contributed by atoms with Gasteiger partial charge < -0.3 is 0 Å². The van der Waals surface area contributed by atoms with E-state index in [9.17, 15) is 17.2 Å². The van der Waals surface area contributed by atoms with Crippen molar-refractivity contribution in [3.63, 3.8) is 0 Å². The Hall–Kier alpha value is -3.11. The summed E-state index contributed by atoms with van der Waals surface area (Å²) < 4.78 is 50.6. The highest BCUT2D eigenvalue weighted by atomic mass is 32.2. The van der Waals surface area contributed by atoms with Gasteiger partial charge in [-0.15, -0.1) is 10.2 Å². The van der Waals surface area contributed by atoms with Gasteiger partial charge in [-0.2, -0.15) is 8.78 Å². The van der Waals surface area contributed by atoms with E-state index in [-0.39, 0.29) is 0 Å². The maximum absolute atomic E-state index is 12.7. The van der Waals surface area contributed by atoms with E-state index in [1.807, 2.05) is 47.0 Å². The lowest BCUT2D eigenvalue weighted by Crippen LogP contribution is -2.11. The molecular formula is C20H14F2N4O2S2. The van der Waals surface area contributed by atoms with Gasteiger partial charge in [0.15, 0.2) is 5.82 Å². The number of halogens is 2. The summed E-state index contributed by atoms with van der Waals surface area (Å²) in [4.78, 5) is 4.23. The molecule has 4 aromatic rings. The molecule has 0 saturated carbocycles. The van der Waals surface area contributed by atoms with Gasteiger partial charge in [-0.05, 0) is 60.3 Å². The molecular weight excluding hydrogens is 430 g/mol. The van der Waals surface area contributed by atoms with E-state index in [1.54, 1.807) is 12.4 Å². The Kier molecular flexibility index (Phi) is 5.60. The summed E-state index contributed by atoms with van der Waals surface area (Å²) in [5.41, 5.74) is 1.67. The second-order valence-corrected chi connectivity index (χ2v) is 9.05. The molecule has 0 saturated heterocycles. The summed E-state index contributed by atoms with van der Waals surface area (Å²) in [5, 5.41) is 9.13. The number of hydrogen-bond acceptors (Lipinski definition) is 6. The lowest BCUT2D eigenvalue weighted by atomic mass is 10.2. The number of hydrogen-bond donors (Lipinski definition) is 0. The van der Waals surface area contributed by atoms with Crippen LogP contribution in [0.25, 0.3) is 17.1 Å². The van der Waals surface area contributed by atoms with Crippen LogP contribution in [0.2, 0.25) is 0 Å². The molecule has 2 aromatic carbocycles. The topological polar surface area (TPSA) is 77.7 Å². The van der Waals surface area contributed by atoms with Crippen molar-refractivity contribution < 1.29 is 17.2 Å². The molecule has 0 atom stereocenters. The largest absolute Gasteiger partial charge is 0.341 e. The molecule has 152 valence electrons. The van der Waals surface area contributed by atoms with Crippen molar-refractivity contribution in [3.8, 4) is 17.1 Å². The maximum atomic E-state index is 12.7. The van der Waals surface area contributed by atoms with Gasteiger partial charge in [0.25, 0.3) is 0 Å². The molecule has 0 unspecified atom stereocenters. The summed E-state index contributed by atoms with van der Waals surface area (Å²) in [5.74, 6) is -2.84. The normalized spacial score (nSPS) is 11.7. The molecule has 0 N–H and O–H groups in total. The van der Waals surface area contributed by atoms with Gasteiger partial charge in [0.1, 0.15) is 0 Å². The molecule has 0 aliphatic heterocycles. The van der Waals surface area contributed by atoms with Crippen molar-refractivity contribution in [2.75, 3.05) is 0 Å². The zero-order valence-electron chi connectivity index (χ0n) is 15.3. The summed E-state index contributed by atoms with van der Waals surface area (Å²) in [6, 6.07) is 18.4. The van der Waals surface area contributed by atoms with E-state index >= 15 is 0 Å². The lowest BCUT2D eigenvalue weighted by Gasteiger charge is -2.10. The first-order chi connectivity index (χ1) is 14.5. The predicted octanol–water partition coefficient (Wildman–Crippen LogP) is 4.48. The Balaban J connectivity index is 1.73. The zero-order valence-corrected chi connectivity index (χ0v) is 16.9. The van der Waals surface area contributed by atoms with Crippen molar-refractivity contribution >= 4 is 21.6 Å². The minimum Gasteiger partial charge on any atom is -0.270 e. The smallest absolute Gasteiger partial charge is 0.270 e. The molecule has 2 heterocycles. The molecule has 6 nitrogen and oxygen atoms in total. The molecule has 0 fully saturated rings. The van der Waals surface area contributed by atoms with Crippen molar-refractivity contribution in [1.29, 1.82) is 0 Å². The third kappa shape index (κ3) is 3.96. The van der Waals surface area contributed by atoms with Gasteiger partial charge in [0, 0.05) is 28.5 Å². The van der Waals surface area contributed by atoms with E-state index < -0.39 is 20.5 Å². The van der Waals surface area contributed by atoms with Crippen molar-refractivity contribution in [3.05, 3.63) is 79.1 Å². The third-order valence-electron chi connectivity index (χ3n) is 4.18. The highest BCUT2D eigenvalue weighted by molar-refractivity contribution is 7.99. The van der Waals surface area contributed by atoms with Gasteiger partial charge in [-0.25, -0.2) is 8.42 Å². The minimum atomic E-state index is -4.63. The molecule has 0 aliphatic rings. The van der Waals surface area contributed by atoms with Crippen LogP contribution in [0, 0.1) is 0 Å². The second-order valence-electron chi connectivity index (χ2n) is 6.09. The van der Waals surface area contributed by atoms with Crippen LogP contribution in [0.3, 0.4) is 0 Å². The SMILES string of the molecule is O=S(=O)(c1ccc(Sc2nnc(-c3ccncc3)n2-c2ccccc2)cc1)C(F)F. The summed E-state index contributed by atoms with van der Waals surface area (Å²) >= 11 is 1.24. The highest BCUT2D eigenvalue weighted by Gasteiger charge is 2.26. The van der Waals surface area contributed by atoms with E-state index in [2.05, 4.69) is 15.2 Å².